The molecule has 0 bridgehead atoms. The van der Waals surface area contributed by atoms with Gasteiger partial charge in [0.05, 0.1) is 5.69 Å². The third-order valence-corrected chi connectivity index (χ3v) is 3.53. The summed E-state index contributed by atoms with van der Waals surface area (Å²) in [5.74, 6) is 0. The van der Waals surface area contributed by atoms with Crippen molar-refractivity contribution in [3.8, 4) is 5.69 Å². The molecule has 0 unspecified atom stereocenters. The first-order valence-corrected chi connectivity index (χ1v) is 7.70. The van der Waals surface area contributed by atoms with Crippen molar-refractivity contribution < 1.29 is 13.2 Å². The Morgan fingerprint density at radius 3 is 1.72 bits per heavy atom. The molecule has 0 aliphatic heterocycles. The molecular formula is C19H20F3N3. The van der Waals surface area contributed by atoms with Crippen LogP contribution in [0.2, 0.25) is 0 Å². The summed E-state index contributed by atoms with van der Waals surface area (Å²) < 4.78 is 38.6. The first kappa shape index (κ1) is 18.6. The molecule has 0 saturated carbocycles. The molecule has 3 aromatic rings. The van der Waals surface area contributed by atoms with E-state index >= 15 is 0 Å². The zero-order valence-corrected chi connectivity index (χ0v) is 14.3. The molecule has 132 valence electrons. The highest BCUT2D eigenvalue weighted by Crippen LogP contribution is 2.29. The molecule has 0 aliphatic carbocycles. The lowest BCUT2D eigenvalue weighted by molar-refractivity contribution is -0.141. The van der Waals surface area contributed by atoms with Gasteiger partial charge in [-0.2, -0.15) is 18.3 Å². The Morgan fingerprint density at radius 2 is 1.32 bits per heavy atom. The van der Waals surface area contributed by atoms with Crippen molar-refractivity contribution in [2.75, 3.05) is 5.73 Å². The molecule has 0 aliphatic rings. The Hall–Kier alpha value is -2.76. The van der Waals surface area contributed by atoms with Crippen LogP contribution in [0, 0.1) is 20.8 Å². The van der Waals surface area contributed by atoms with E-state index in [-0.39, 0.29) is 0 Å². The lowest BCUT2D eigenvalue weighted by Crippen LogP contribution is -2.07. The van der Waals surface area contributed by atoms with Gasteiger partial charge >= 0.3 is 6.18 Å². The number of benzene rings is 2. The zero-order valence-electron chi connectivity index (χ0n) is 14.3. The fourth-order valence-corrected chi connectivity index (χ4v) is 2.13. The predicted molar refractivity (Wildman–Crippen MR) is 93.6 cm³/mol. The summed E-state index contributed by atoms with van der Waals surface area (Å²) in [6.45, 7) is 5.76. The lowest BCUT2D eigenvalue weighted by atomic mass is 10.2. The molecule has 0 fully saturated rings. The monoisotopic (exact) mass is 347 g/mol. The van der Waals surface area contributed by atoms with E-state index in [0.29, 0.717) is 17.1 Å². The van der Waals surface area contributed by atoms with Gasteiger partial charge in [0.1, 0.15) is 0 Å². The third-order valence-electron chi connectivity index (χ3n) is 3.53. The maximum atomic E-state index is 12.5. The lowest BCUT2D eigenvalue weighted by Gasteiger charge is -2.04. The van der Waals surface area contributed by atoms with Crippen LogP contribution in [-0.4, -0.2) is 9.78 Å². The number of nitrogen functional groups attached to an aromatic ring is 1. The second-order valence-corrected chi connectivity index (χ2v) is 5.83. The van der Waals surface area contributed by atoms with E-state index < -0.39 is 11.9 Å². The van der Waals surface area contributed by atoms with E-state index in [0.717, 1.165) is 6.07 Å². The number of hydrogen-bond acceptors (Lipinski definition) is 2. The predicted octanol–water partition coefficient (Wildman–Crippen LogP) is 5.09. The van der Waals surface area contributed by atoms with Gasteiger partial charge in [0.2, 0.25) is 0 Å². The SMILES string of the molecule is Cc1cc(C(F)(F)F)nn1-c1ccc(N)cc1.Cc1ccc(C)cc1. The molecule has 0 spiro atoms. The van der Waals surface area contributed by atoms with E-state index in [1.807, 2.05) is 0 Å². The van der Waals surface area contributed by atoms with Crippen LogP contribution in [0.3, 0.4) is 0 Å². The van der Waals surface area contributed by atoms with Crippen LogP contribution < -0.4 is 5.73 Å². The molecule has 1 heterocycles. The van der Waals surface area contributed by atoms with Crippen LogP contribution in [-0.2, 0) is 6.18 Å². The number of aryl methyl sites for hydroxylation is 3. The van der Waals surface area contributed by atoms with E-state index in [1.54, 1.807) is 31.2 Å². The number of nitrogens with two attached hydrogens (primary N) is 1. The van der Waals surface area contributed by atoms with Crippen molar-refractivity contribution in [1.82, 2.24) is 9.78 Å². The number of alkyl halides is 3. The quantitative estimate of drug-likeness (QED) is 0.624. The van der Waals surface area contributed by atoms with Gasteiger partial charge in [0, 0.05) is 11.4 Å². The number of anilines is 1. The maximum Gasteiger partial charge on any atom is 0.435 e. The normalized spacial score (nSPS) is 11.0. The topological polar surface area (TPSA) is 43.8 Å². The van der Waals surface area contributed by atoms with Crippen molar-refractivity contribution >= 4 is 5.69 Å². The van der Waals surface area contributed by atoms with Gasteiger partial charge in [-0.05, 0) is 51.1 Å². The van der Waals surface area contributed by atoms with Gasteiger partial charge < -0.3 is 5.73 Å². The second-order valence-electron chi connectivity index (χ2n) is 5.83. The van der Waals surface area contributed by atoms with Crippen molar-refractivity contribution in [2.24, 2.45) is 0 Å². The third kappa shape index (κ3) is 5.11. The van der Waals surface area contributed by atoms with Gasteiger partial charge in [0.15, 0.2) is 5.69 Å². The summed E-state index contributed by atoms with van der Waals surface area (Å²) in [5, 5.41) is 3.53. The number of halogens is 3. The molecule has 2 aromatic carbocycles. The number of aromatic nitrogens is 2. The van der Waals surface area contributed by atoms with Crippen LogP contribution in [0.5, 0.6) is 0 Å². The highest BCUT2D eigenvalue weighted by Gasteiger charge is 2.34. The van der Waals surface area contributed by atoms with E-state index in [4.69, 9.17) is 5.73 Å². The van der Waals surface area contributed by atoms with E-state index in [9.17, 15) is 13.2 Å². The van der Waals surface area contributed by atoms with Crippen LogP contribution in [0.4, 0.5) is 18.9 Å². The first-order chi connectivity index (χ1) is 11.7. The van der Waals surface area contributed by atoms with Crippen molar-refractivity contribution in [3.05, 3.63) is 77.1 Å². The molecule has 0 atom stereocenters. The minimum atomic E-state index is -4.43. The summed E-state index contributed by atoms with van der Waals surface area (Å²) >= 11 is 0. The van der Waals surface area contributed by atoms with Crippen molar-refractivity contribution in [2.45, 2.75) is 26.9 Å². The Balaban J connectivity index is 0.000000236. The Kier molecular flexibility index (Phi) is 5.51. The van der Waals surface area contributed by atoms with Crippen LogP contribution >= 0.6 is 0 Å². The molecule has 0 amide bonds. The number of nitrogens with zero attached hydrogens (tertiary/aromatic N) is 2. The van der Waals surface area contributed by atoms with Gasteiger partial charge in [-0.3, -0.25) is 0 Å². The van der Waals surface area contributed by atoms with E-state index in [1.165, 1.54) is 15.8 Å². The zero-order chi connectivity index (χ0) is 18.6. The standard InChI is InChI=1S/C11H10F3N3.C8H10/c1-7-6-10(11(12,13)14)16-17(7)9-4-2-8(15)3-5-9;1-7-3-5-8(2)6-4-7/h2-6H,15H2,1H3;3-6H,1-2H3. The molecule has 1 aromatic heterocycles. The summed E-state index contributed by atoms with van der Waals surface area (Å²) in [5.41, 5.74) is 8.79. The molecule has 3 nitrogen and oxygen atoms in total. The van der Waals surface area contributed by atoms with Crippen molar-refractivity contribution in [1.29, 1.82) is 0 Å². The highest BCUT2D eigenvalue weighted by molar-refractivity contribution is 5.45. The molecular weight excluding hydrogens is 327 g/mol. The molecule has 2 N–H and O–H groups in total. The number of rotatable bonds is 1. The Morgan fingerprint density at radius 1 is 0.840 bits per heavy atom. The van der Waals surface area contributed by atoms with Gasteiger partial charge in [-0.15, -0.1) is 0 Å². The molecule has 0 saturated heterocycles. The molecule has 3 rings (SSSR count). The fourth-order valence-electron chi connectivity index (χ4n) is 2.13. The summed E-state index contributed by atoms with van der Waals surface area (Å²) in [6.07, 6.45) is -4.43. The smallest absolute Gasteiger partial charge is 0.399 e. The van der Waals surface area contributed by atoms with Crippen LogP contribution in [0.25, 0.3) is 5.69 Å². The summed E-state index contributed by atoms with van der Waals surface area (Å²) in [4.78, 5) is 0. The Bertz CT molecular complexity index is 796. The van der Waals surface area contributed by atoms with Gasteiger partial charge in [0.25, 0.3) is 0 Å². The highest BCUT2D eigenvalue weighted by atomic mass is 19.4. The molecule has 25 heavy (non-hydrogen) atoms. The van der Waals surface area contributed by atoms with Gasteiger partial charge in [-0.25, -0.2) is 4.68 Å². The Labute approximate surface area is 144 Å². The van der Waals surface area contributed by atoms with Crippen LogP contribution in [0.15, 0.2) is 54.6 Å². The molecule has 0 radical (unpaired) electrons. The molecule has 6 heteroatoms. The minimum absolute atomic E-state index is 0.419. The summed E-state index contributed by atoms with van der Waals surface area (Å²) in [7, 11) is 0. The average molecular weight is 347 g/mol. The minimum Gasteiger partial charge on any atom is -0.399 e. The number of hydrogen-bond donors (Lipinski definition) is 1. The van der Waals surface area contributed by atoms with Crippen LogP contribution in [0.1, 0.15) is 22.5 Å². The van der Waals surface area contributed by atoms with E-state index in [2.05, 4.69) is 43.2 Å². The fraction of sp³-hybridized carbons (Fsp3) is 0.211. The largest absolute Gasteiger partial charge is 0.435 e. The van der Waals surface area contributed by atoms with Gasteiger partial charge in [-0.1, -0.05) is 35.4 Å². The average Bonchev–Trinajstić information content (AvgIpc) is 2.94. The van der Waals surface area contributed by atoms with Crippen molar-refractivity contribution in [3.63, 3.8) is 0 Å². The summed E-state index contributed by atoms with van der Waals surface area (Å²) in [6, 6.07) is 16.0. The first-order valence-electron chi connectivity index (χ1n) is 7.70. The second kappa shape index (κ2) is 7.42. The maximum absolute atomic E-state index is 12.5.